The Labute approximate surface area is 147 Å². The molecule has 124 valence electrons. The minimum absolute atomic E-state index is 0. The van der Waals surface area contributed by atoms with Crippen LogP contribution in [0.15, 0.2) is 72.8 Å². The van der Waals surface area contributed by atoms with Gasteiger partial charge in [0.15, 0.2) is 0 Å². The van der Waals surface area contributed by atoms with E-state index in [0.717, 1.165) is 28.0 Å². The molecular formula is C20H19ClFNO. The van der Waals surface area contributed by atoms with Crippen molar-refractivity contribution in [3.63, 3.8) is 0 Å². The second-order valence-electron chi connectivity index (χ2n) is 5.35. The number of halogens is 2. The second-order valence-corrected chi connectivity index (χ2v) is 5.35. The van der Waals surface area contributed by atoms with Gasteiger partial charge in [0.25, 0.3) is 0 Å². The van der Waals surface area contributed by atoms with Gasteiger partial charge in [0.1, 0.15) is 18.2 Å². The van der Waals surface area contributed by atoms with E-state index in [-0.39, 0.29) is 18.2 Å². The van der Waals surface area contributed by atoms with E-state index in [1.807, 2.05) is 60.7 Å². The van der Waals surface area contributed by atoms with Crippen molar-refractivity contribution in [1.29, 1.82) is 0 Å². The first-order chi connectivity index (χ1) is 11.2. The summed E-state index contributed by atoms with van der Waals surface area (Å²) < 4.78 is 19.4. The minimum atomic E-state index is -0.271. The van der Waals surface area contributed by atoms with E-state index in [1.54, 1.807) is 0 Å². The van der Waals surface area contributed by atoms with Gasteiger partial charge in [-0.1, -0.05) is 42.5 Å². The molecule has 0 atom stereocenters. The topological polar surface area (TPSA) is 35.2 Å². The van der Waals surface area contributed by atoms with Gasteiger partial charge in [0.05, 0.1) is 0 Å². The fourth-order valence-corrected chi connectivity index (χ4v) is 2.42. The highest BCUT2D eigenvalue weighted by molar-refractivity contribution is 5.85. The molecular weight excluding hydrogens is 325 g/mol. The quantitative estimate of drug-likeness (QED) is 0.711. The summed E-state index contributed by atoms with van der Waals surface area (Å²) in [7, 11) is 0. The zero-order valence-electron chi connectivity index (χ0n) is 13.1. The molecule has 24 heavy (non-hydrogen) atoms. The number of ether oxygens (including phenoxy) is 1. The fraction of sp³-hybridized carbons (Fsp3) is 0.100. The fourth-order valence-electron chi connectivity index (χ4n) is 2.42. The van der Waals surface area contributed by atoms with Crippen molar-refractivity contribution in [2.75, 3.05) is 0 Å². The number of rotatable bonds is 5. The van der Waals surface area contributed by atoms with Gasteiger partial charge in [-0.2, -0.15) is 0 Å². The molecule has 0 unspecified atom stereocenters. The smallest absolute Gasteiger partial charge is 0.124 e. The SMILES string of the molecule is Cl.NCc1cc(F)cc(-c2ccc(OCc3ccccc3)cc2)c1. The van der Waals surface area contributed by atoms with Crippen LogP contribution < -0.4 is 10.5 Å². The number of benzene rings is 3. The zero-order valence-corrected chi connectivity index (χ0v) is 13.9. The molecule has 0 spiro atoms. The highest BCUT2D eigenvalue weighted by atomic mass is 35.5. The summed E-state index contributed by atoms with van der Waals surface area (Å²) in [5.41, 5.74) is 9.26. The Morgan fingerprint density at radius 2 is 1.50 bits per heavy atom. The monoisotopic (exact) mass is 343 g/mol. The Morgan fingerprint density at radius 3 is 2.17 bits per heavy atom. The van der Waals surface area contributed by atoms with Gasteiger partial charge >= 0.3 is 0 Å². The van der Waals surface area contributed by atoms with Crippen molar-refractivity contribution in [3.8, 4) is 16.9 Å². The van der Waals surface area contributed by atoms with Gasteiger partial charge in [-0.15, -0.1) is 12.4 Å². The van der Waals surface area contributed by atoms with Crippen molar-refractivity contribution in [1.82, 2.24) is 0 Å². The van der Waals surface area contributed by atoms with E-state index in [9.17, 15) is 4.39 Å². The Hall–Kier alpha value is -2.36. The maximum Gasteiger partial charge on any atom is 0.124 e. The van der Waals surface area contributed by atoms with E-state index in [2.05, 4.69) is 0 Å². The molecule has 0 saturated heterocycles. The molecule has 0 radical (unpaired) electrons. The summed E-state index contributed by atoms with van der Waals surface area (Å²) in [4.78, 5) is 0. The third-order valence-electron chi connectivity index (χ3n) is 3.63. The summed E-state index contributed by atoms with van der Waals surface area (Å²) in [5.74, 6) is 0.514. The first-order valence-electron chi connectivity index (χ1n) is 7.51. The summed E-state index contributed by atoms with van der Waals surface area (Å²) >= 11 is 0. The molecule has 4 heteroatoms. The molecule has 0 aliphatic heterocycles. The van der Waals surface area contributed by atoms with Crippen LogP contribution in [0.25, 0.3) is 11.1 Å². The molecule has 2 N–H and O–H groups in total. The third kappa shape index (κ3) is 4.57. The molecule has 0 saturated carbocycles. The zero-order chi connectivity index (χ0) is 16.1. The van der Waals surface area contributed by atoms with Crippen molar-refractivity contribution >= 4 is 12.4 Å². The Morgan fingerprint density at radius 1 is 0.792 bits per heavy atom. The van der Waals surface area contributed by atoms with Gasteiger partial charge in [-0.25, -0.2) is 4.39 Å². The number of hydrogen-bond donors (Lipinski definition) is 1. The average molecular weight is 344 g/mol. The molecule has 0 aromatic heterocycles. The number of hydrogen-bond acceptors (Lipinski definition) is 2. The second kappa shape index (κ2) is 8.48. The largest absolute Gasteiger partial charge is 0.489 e. The van der Waals surface area contributed by atoms with Gasteiger partial charge in [-0.05, 0) is 52.6 Å². The Balaban J connectivity index is 0.00000208. The summed E-state index contributed by atoms with van der Waals surface area (Å²) in [6.45, 7) is 0.848. The molecule has 0 aliphatic carbocycles. The highest BCUT2D eigenvalue weighted by Crippen LogP contribution is 2.25. The predicted octanol–water partition coefficient (Wildman–Crippen LogP) is 4.95. The van der Waals surface area contributed by atoms with Gasteiger partial charge < -0.3 is 10.5 Å². The van der Waals surface area contributed by atoms with Crippen LogP contribution in [0.1, 0.15) is 11.1 Å². The van der Waals surface area contributed by atoms with Crippen molar-refractivity contribution in [2.24, 2.45) is 5.73 Å². The maximum absolute atomic E-state index is 13.6. The maximum atomic E-state index is 13.6. The first-order valence-corrected chi connectivity index (χ1v) is 7.51. The molecule has 3 aromatic carbocycles. The van der Waals surface area contributed by atoms with Gasteiger partial charge in [0.2, 0.25) is 0 Å². The van der Waals surface area contributed by atoms with E-state index in [0.29, 0.717) is 13.2 Å². The van der Waals surface area contributed by atoms with Gasteiger partial charge in [-0.3, -0.25) is 0 Å². The lowest BCUT2D eigenvalue weighted by Crippen LogP contribution is -1.97. The molecule has 0 aliphatic rings. The standard InChI is InChI=1S/C20H18FNO.ClH/c21-19-11-16(13-22)10-18(12-19)17-6-8-20(9-7-17)23-14-15-4-2-1-3-5-15;/h1-12H,13-14,22H2;1H. The third-order valence-corrected chi connectivity index (χ3v) is 3.63. The van der Waals surface area contributed by atoms with Crippen LogP contribution in [0.4, 0.5) is 4.39 Å². The average Bonchev–Trinajstić information content (AvgIpc) is 2.60. The number of nitrogens with two attached hydrogens (primary N) is 1. The van der Waals surface area contributed by atoms with Crippen molar-refractivity contribution < 1.29 is 9.13 Å². The van der Waals surface area contributed by atoms with E-state index in [4.69, 9.17) is 10.5 Å². The molecule has 0 bridgehead atoms. The lowest BCUT2D eigenvalue weighted by Gasteiger charge is -2.08. The Bertz CT molecular complexity index is 775. The molecule has 3 aromatic rings. The minimum Gasteiger partial charge on any atom is -0.489 e. The first kappa shape index (κ1) is 18.0. The van der Waals surface area contributed by atoms with E-state index >= 15 is 0 Å². The van der Waals surface area contributed by atoms with Crippen molar-refractivity contribution in [2.45, 2.75) is 13.2 Å². The van der Waals surface area contributed by atoms with Crippen LogP contribution in [0.3, 0.4) is 0 Å². The van der Waals surface area contributed by atoms with Crippen LogP contribution in [0, 0.1) is 5.82 Å². The van der Waals surface area contributed by atoms with Crippen molar-refractivity contribution in [3.05, 3.63) is 89.7 Å². The summed E-state index contributed by atoms with van der Waals surface area (Å²) in [5, 5.41) is 0. The van der Waals surface area contributed by atoms with Crippen LogP contribution in [0.5, 0.6) is 5.75 Å². The predicted molar refractivity (Wildman–Crippen MR) is 97.7 cm³/mol. The van der Waals surface area contributed by atoms with Crippen LogP contribution in [0.2, 0.25) is 0 Å². The lowest BCUT2D eigenvalue weighted by molar-refractivity contribution is 0.306. The summed E-state index contributed by atoms with van der Waals surface area (Å²) in [6, 6.07) is 22.5. The molecule has 2 nitrogen and oxygen atoms in total. The van der Waals surface area contributed by atoms with E-state index < -0.39 is 0 Å². The lowest BCUT2D eigenvalue weighted by atomic mass is 10.0. The van der Waals surface area contributed by atoms with Crippen LogP contribution >= 0.6 is 12.4 Å². The normalized spacial score (nSPS) is 10.1. The molecule has 0 heterocycles. The summed E-state index contributed by atoms with van der Waals surface area (Å²) in [6.07, 6.45) is 0. The highest BCUT2D eigenvalue weighted by Gasteiger charge is 2.03. The molecule has 3 rings (SSSR count). The molecule has 0 amide bonds. The van der Waals surface area contributed by atoms with E-state index in [1.165, 1.54) is 12.1 Å². The van der Waals surface area contributed by atoms with Crippen LogP contribution in [-0.2, 0) is 13.2 Å². The Kier molecular flexibility index (Phi) is 6.36. The van der Waals surface area contributed by atoms with Crippen LogP contribution in [-0.4, -0.2) is 0 Å². The van der Waals surface area contributed by atoms with Gasteiger partial charge in [0, 0.05) is 6.54 Å². The molecule has 0 fully saturated rings.